The monoisotopic (exact) mass is 493 g/mol. The predicted octanol–water partition coefficient (Wildman–Crippen LogP) is 9.04. The lowest BCUT2D eigenvalue weighted by atomic mass is 10.0. The number of hydrogen-bond donors (Lipinski definition) is 0. The van der Waals surface area contributed by atoms with Crippen LogP contribution in [0.1, 0.15) is 110 Å². The van der Waals surface area contributed by atoms with Crippen LogP contribution in [0.3, 0.4) is 0 Å². The highest BCUT2D eigenvalue weighted by Gasteiger charge is 2.24. The largest absolute Gasteiger partial charge is 0.417 e. The lowest BCUT2D eigenvalue weighted by Gasteiger charge is -2.27. The number of alkyl halides is 1. The van der Waals surface area contributed by atoms with E-state index < -0.39 is 8.32 Å². The lowest BCUT2D eigenvalue weighted by molar-refractivity contribution is 0.275. The Bertz CT molecular complexity index is 276. The summed E-state index contributed by atoms with van der Waals surface area (Å²) in [6, 6.07) is 1.37. The Hall–Kier alpha value is 0.617. The van der Waals surface area contributed by atoms with E-state index in [4.69, 9.17) is 4.43 Å². The summed E-state index contributed by atoms with van der Waals surface area (Å²) in [5.41, 5.74) is 0. The fourth-order valence-electron chi connectivity index (χ4n) is 3.36. The molecule has 0 saturated carbocycles. The van der Waals surface area contributed by atoms with Crippen LogP contribution in [0.25, 0.3) is 0 Å². The summed E-state index contributed by atoms with van der Waals surface area (Å²) in [5.74, 6) is 0. The van der Waals surface area contributed by atoms with E-state index >= 15 is 0 Å². The number of halogens is 1. The van der Waals surface area contributed by atoms with E-state index in [1.165, 1.54) is 114 Å². The predicted molar refractivity (Wildman–Crippen MR) is 141 cm³/mol. The van der Waals surface area contributed by atoms with E-state index in [2.05, 4.69) is 35.9 Å². The van der Waals surface area contributed by atoms with Crippen LogP contribution in [-0.4, -0.2) is 46.3 Å². The highest BCUT2D eigenvalue weighted by molar-refractivity contribution is 9.09. The molecular weight excluding hydrogens is 438 g/mol. The third-order valence-corrected chi connectivity index (χ3v) is 8.26. The Balaban J connectivity index is 0. The van der Waals surface area contributed by atoms with Gasteiger partial charge in [-0.3, -0.25) is 0 Å². The molecule has 0 aromatic carbocycles. The quantitative estimate of drug-likeness (QED) is 0.136. The Morgan fingerprint density at radius 2 is 1.07 bits per heavy atom. The molecule has 29 heavy (non-hydrogen) atoms. The molecule has 4 heteroatoms. The normalized spacial score (nSPS) is 15.3. The number of rotatable bonds is 14. The average Bonchev–Trinajstić information content (AvgIpc) is 2.65. The van der Waals surface area contributed by atoms with Crippen LogP contribution in [0.15, 0.2) is 0 Å². The molecule has 0 radical (unpaired) electrons. The second-order valence-corrected chi connectivity index (χ2v) is 14.8. The summed E-state index contributed by atoms with van der Waals surface area (Å²) in [4.78, 5) is 2.00. The van der Waals surface area contributed by atoms with Crippen LogP contribution < -0.4 is 0 Å². The minimum Gasteiger partial charge on any atom is -0.417 e. The molecule has 0 aliphatic carbocycles. The first-order valence-corrected chi connectivity index (χ1v) is 16.9. The molecule has 0 unspecified atom stereocenters. The van der Waals surface area contributed by atoms with Gasteiger partial charge in [-0.2, -0.15) is 0 Å². The maximum Gasteiger partial charge on any atom is 0.186 e. The van der Waals surface area contributed by atoms with Crippen LogP contribution in [-0.2, 0) is 4.43 Å². The number of hydrogen-bond acceptors (Lipinski definition) is 2. The van der Waals surface area contributed by atoms with Crippen molar-refractivity contribution in [1.82, 2.24) is 4.90 Å². The highest BCUT2D eigenvalue weighted by atomic mass is 79.9. The Morgan fingerprint density at radius 1 is 0.690 bits per heavy atom. The Kier molecular flexibility index (Phi) is 27.3. The van der Waals surface area contributed by atoms with Gasteiger partial charge in [0, 0.05) is 11.9 Å². The molecule has 0 bridgehead atoms. The number of unbranched alkanes of at least 4 members (excludes halogenated alkanes) is 13. The van der Waals surface area contributed by atoms with Crippen molar-refractivity contribution in [1.29, 1.82) is 0 Å². The second-order valence-electron chi connectivity index (χ2n) is 9.69. The minimum absolute atomic E-state index is 1.03. The van der Waals surface area contributed by atoms with E-state index in [1.54, 1.807) is 0 Å². The summed E-state index contributed by atoms with van der Waals surface area (Å²) in [6.45, 7) is 7.91. The molecule has 1 aliphatic heterocycles. The molecule has 1 heterocycles. The zero-order chi connectivity index (χ0) is 22.2. The van der Waals surface area contributed by atoms with Crippen molar-refractivity contribution in [2.24, 2.45) is 0 Å². The molecular formula is C25H56BrNOSi. The van der Waals surface area contributed by atoms with Crippen molar-refractivity contribution in [3.63, 3.8) is 0 Å². The van der Waals surface area contributed by atoms with Crippen LogP contribution in [0.4, 0.5) is 0 Å². The van der Waals surface area contributed by atoms with Crippen molar-refractivity contribution in [2.75, 3.05) is 33.1 Å². The van der Waals surface area contributed by atoms with Gasteiger partial charge in [-0.25, -0.2) is 0 Å². The molecule has 178 valence electrons. The maximum absolute atomic E-state index is 5.60. The van der Waals surface area contributed by atoms with Crippen molar-refractivity contribution in [2.45, 2.75) is 129 Å². The van der Waals surface area contributed by atoms with Gasteiger partial charge in [-0.15, -0.1) is 0 Å². The molecule has 0 N–H and O–H groups in total. The maximum atomic E-state index is 5.60. The second kappa shape index (κ2) is 24.9. The van der Waals surface area contributed by atoms with E-state index in [9.17, 15) is 0 Å². The van der Waals surface area contributed by atoms with Crippen molar-refractivity contribution in [3.8, 4) is 0 Å². The standard InChI is InChI=1S/C16H33Br.C6H14OSi.C3H9N/c1-2-3-4-5-6-7-8-9-10-11-12-13-14-15-16-17;1-8(2)6-4-3-5-7-8;1-4(2)3/h2-16H2,1H3;3-6H2,1-2H3;1-3H3. The molecule has 0 aromatic rings. The molecule has 1 saturated heterocycles. The van der Waals surface area contributed by atoms with Gasteiger partial charge in [-0.05, 0) is 53.1 Å². The van der Waals surface area contributed by atoms with Gasteiger partial charge >= 0.3 is 0 Å². The molecule has 1 rings (SSSR count). The fourth-order valence-corrected chi connectivity index (χ4v) is 5.70. The van der Waals surface area contributed by atoms with Crippen molar-refractivity contribution < 1.29 is 4.43 Å². The van der Waals surface area contributed by atoms with Crippen molar-refractivity contribution >= 4 is 24.2 Å². The average molecular weight is 495 g/mol. The molecule has 1 fully saturated rings. The van der Waals surface area contributed by atoms with Gasteiger partial charge < -0.3 is 9.33 Å². The topological polar surface area (TPSA) is 12.5 Å². The van der Waals surface area contributed by atoms with E-state index in [0.29, 0.717) is 0 Å². The fraction of sp³-hybridized carbons (Fsp3) is 1.00. The summed E-state index contributed by atoms with van der Waals surface area (Å²) in [5, 5.41) is 1.19. The van der Waals surface area contributed by atoms with Crippen LogP contribution in [0.5, 0.6) is 0 Å². The van der Waals surface area contributed by atoms with E-state index in [-0.39, 0.29) is 0 Å². The summed E-state index contributed by atoms with van der Waals surface area (Å²) in [6.07, 6.45) is 23.0. The Morgan fingerprint density at radius 3 is 1.31 bits per heavy atom. The first kappa shape index (κ1) is 31.8. The first-order chi connectivity index (χ1) is 13.9. The van der Waals surface area contributed by atoms with Gasteiger partial charge in [0.25, 0.3) is 0 Å². The third-order valence-electron chi connectivity index (χ3n) is 5.15. The van der Waals surface area contributed by atoms with Gasteiger partial charge in [0.15, 0.2) is 8.32 Å². The molecule has 0 amide bonds. The zero-order valence-electron chi connectivity index (χ0n) is 21.2. The first-order valence-electron chi connectivity index (χ1n) is 12.7. The summed E-state index contributed by atoms with van der Waals surface area (Å²) < 4.78 is 5.60. The van der Waals surface area contributed by atoms with Gasteiger partial charge in [0.05, 0.1) is 0 Å². The number of nitrogens with zero attached hydrogens (tertiary/aromatic N) is 1. The lowest BCUT2D eigenvalue weighted by Crippen LogP contribution is -2.33. The molecule has 0 atom stereocenters. The summed E-state index contributed by atoms with van der Waals surface area (Å²) >= 11 is 3.48. The zero-order valence-corrected chi connectivity index (χ0v) is 23.8. The van der Waals surface area contributed by atoms with Gasteiger partial charge in [0.2, 0.25) is 0 Å². The van der Waals surface area contributed by atoms with Crippen LogP contribution in [0, 0.1) is 0 Å². The van der Waals surface area contributed by atoms with Crippen molar-refractivity contribution in [3.05, 3.63) is 0 Å². The van der Waals surface area contributed by atoms with Crippen LogP contribution in [0.2, 0.25) is 19.1 Å². The highest BCUT2D eigenvalue weighted by Crippen LogP contribution is 2.20. The third kappa shape index (κ3) is 33.5. The molecule has 0 aromatic heterocycles. The molecule has 2 nitrogen and oxygen atoms in total. The SMILES string of the molecule is CCCCCCCCCCCCCCCCBr.CN(C)C.C[Si]1(C)CCCCO1. The molecule has 0 spiro atoms. The summed E-state index contributed by atoms with van der Waals surface area (Å²) in [7, 11) is 4.91. The van der Waals surface area contributed by atoms with Crippen LogP contribution >= 0.6 is 15.9 Å². The van der Waals surface area contributed by atoms with E-state index in [1.807, 2.05) is 26.0 Å². The van der Waals surface area contributed by atoms with E-state index in [0.717, 1.165) is 6.61 Å². The minimum atomic E-state index is -1.09. The Labute approximate surface area is 195 Å². The van der Waals surface area contributed by atoms with Gasteiger partial charge in [0.1, 0.15) is 0 Å². The van der Waals surface area contributed by atoms with Gasteiger partial charge in [-0.1, -0.05) is 113 Å². The smallest absolute Gasteiger partial charge is 0.186 e. The molecule has 1 aliphatic rings.